The third-order valence-electron chi connectivity index (χ3n) is 3.52. The topological polar surface area (TPSA) is 56.3 Å². The summed E-state index contributed by atoms with van der Waals surface area (Å²) in [6.45, 7) is 2.65. The van der Waals surface area contributed by atoms with Gasteiger partial charge in [0.05, 0.1) is 12.2 Å². The highest BCUT2D eigenvalue weighted by Gasteiger charge is 2.28. The lowest BCUT2D eigenvalue weighted by Crippen LogP contribution is -2.18. The van der Waals surface area contributed by atoms with Gasteiger partial charge in [-0.05, 0) is 32.1 Å². The summed E-state index contributed by atoms with van der Waals surface area (Å²) in [4.78, 5) is 28.6. The van der Waals surface area contributed by atoms with Gasteiger partial charge < -0.3 is 4.74 Å². The molecule has 0 atom stereocenters. The first-order chi connectivity index (χ1) is 12.7. The Balaban J connectivity index is 2.65. The van der Waals surface area contributed by atoms with Crippen molar-refractivity contribution in [1.29, 1.82) is 0 Å². The van der Waals surface area contributed by atoms with Crippen LogP contribution in [0.25, 0.3) is 6.08 Å². The zero-order chi connectivity index (χ0) is 20.3. The van der Waals surface area contributed by atoms with Crippen LogP contribution in [0.2, 0.25) is 10.3 Å². The number of carbonyl (C=O) groups is 2. The van der Waals surface area contributed by atoms with Gasteiger partial charge in [0.15, 0.2) is 11.0 Å². The van der Waals surface area contributed by atoms with Crippen LogP contribution in [0.5, 0.6) is 0 Å². The molecule has 2 rings (SSSR count). The van der Waals surface area contributed by atoms with Gasteiger partial charge in [-0.25, -0.2) is 22.9 Å². The van der Waals surface area contributed by atoms with Crippen LogP contribution in [0, 0.1) is 24.4 Å². The van der Waals surface area contributed by atoms with E-state index in [9.17, 15) is 22.8 Å². The van der Waals surface area contributed by atoms with Gasteiger partial charge in [0.1, 0.15) is 22.4 Å². The lowest BCUT2D eigenvalue weighted by atomic mass is 9.98. The van der Waals surface area contributed by atoms with Gasteiger partial charge in [-0.3, -0.25) is 4.79 Å². The monoisotopic (exact) mass is 417 g/mol. The van der Waals surface area contributed by atoms with E-state index >= 15 is 0 Å². The molecule has 9 heteroatoms. The van der Waals surface area contributed by atoms with E-state index in [4.69, 9.17) is 27.9 Å². The highest BCUT2D eigenvalue weighted by Crippen LogP contribution is 2.28. The van der Waals surface area contributed by atoms with Gasteiger partial charge in [0, 0.05) is 17.2 Å². The van der Waals surface area contributed by atoms with Gasteiger partial charge in [0.25, 0.3) is 0 Å². The number of Topliss-reactive ketones (excluding diaryl/α,β-unsaturated/α-hetero) is 1. The number of pyridine rings is 1. The highest BCUT2D eigenvalue weighted by molar-refractivity contribution is 6.38. The van der Waals surface area contributed by atoms with E-state index in [0.717, 1.165) is 18.2 Å². The van der Waals surface area contributed by atoms with Gasteiger partial charge in [-0.1, -0.05) is 23.2 Å². The number of aromatic nitrogens is 1. The molecule has 0 fully saturated rings. The first-order valence-electron chi connectivity index (χ1n) is 7.57. The number of ketones is 1. The molecule has 0 unspecified atom stereocenters. The maximum Gasteiger partial charge on any atom is 0.342 e. The molecule has 27 heavy (non-hydrogen) atoms. The van der Waals surface area contributed by atoms with Crippen LogP contribution in [0.3, 0.4) is 0 Å². The van der Waals surface area contributed by atoms with E-state index in [1.54, 1.807) is 0 Å². The fourth-order valence-electron chi connectivity index (χ4n) is 2.21. The molecule has 0 spiro atoms. The lowest BCUT2D eigenvalue weighted by molar-refractivity contribution is -0.137. The quantitative estimate of drug-likeness (QED) is 0.172. The van der Waals surface area contributed by atoms with E-state index < -0.39 is 50.6 Å². The predicted molar refractivity (Wildman–Crippen MR) is 94.3 cm³/mol. The third-order valence-corrected chi connectivity index (χ3v) is 4.04. The Bertz CT molecular complexity index is 961. The number of hydrogen-bond donors (Lipinski definition) is 0. The Kier molecular flexibility index (Phi) is 6.62. The van der Waals surface area contributed by atoms with Gasteiger partial charge in [0.2, 0.25) is 5.78 Å². The second-order valence-corrected chi connectivity index (χ2v) is 6.00. The Morgan fingerprint density at radius 1 is 1.19 bits per heavy atom. The first kappa shape index (κ1) is 20.9. The molecule has 4 nitrogen and oxygen atoms in total. The Morgan fingerprint density at radius 2 is 1.85 bits per heavy atom. The lowest BCUT2D eigenvalue weighted by Gasteiger charge is -2.11. The molecule has 142 valence electrons. The number of benzene rings is 1. The fraction of sp³-hybridized carbons (Fsp3) is 0.167. The zero-order valence-corrected chi connectivity index (χ0v) is 15.6. The summed E-state index contributed by atoms with van der Waals surface area (Å²) >= 11 is 11.5. The Hall–Kier alpha value is -2.38. The minimum Gasteiger partial charge on any atom is -0.462 e. The summed E-state index contributed by atoms with van der Waals surface area (Å²) < 4.78 is 45.9. The van der Waals surface area contributed by atoms with Crippen molar-refractivity contribution in [3.8, 4) is 0 Å². The van der Waals surface area contributed by atoms with Gasteiger partial charge in [-0.2, -0.15) is 0 Å². The van der Waals surface area contributed by atoms with Crippen molar-refractivity contribution in [2.24, 2.45) is 0 Å². The minimum atomic E-state index is -1.09. The average Bonchev–Trinajstić information content (AvgIpc) is 2.59. The molecule has 0 radical (unpaired) electrons. The largest absolute Gasteiger partial charge is 0.462 e. The number of nitrogens with zero attached hydrogens (tertiary/aromatic N) is 1. The maximum absolute atomic E-state index is 14.0. The fourth-order valence-corrected chi connectivity index (χ4v) is 2.79. The molecule has 0 saturated heterocycles. The number of hydrogen-bond acceptors (Lipinski definition) is 4. The summed E-state index contributed by atoms with van der Waals surface area (Å²) in [6, 6.07) is 2.57. The Labute approximate surface area is 162 Å². The molecule has 0 aliphatic rings. The van der Waals surface area contributed by atoms with Crippen LogP contribution in [0.1, 0.15) is 28.4 Å². The van der Waals surface area contributed by atoms with Gasteiger partial charge >= 0.3 is 5.97 Å². The van der Waals surface area contributed by atoms with Crippen molar-refractivity contribution < 1.29 is 27.5 Å². The molecule has 0 saturated carbocycles. The van der Waals surface area contributed by atoms with E-state index in [1.807, 2.05) is 0 Å². The summed E-state index contributed by atoms with van der Waals surface area (Å²) in [5.41, 5.74) is -1.53. The van der Waals surface area contributed by atoms with Crippen molar-refractivity contribution in [3.63, 3.8) is 0 Å². The molecule has 0 aliphatic heterocycles. The molecule has 2 aromatic rings. The van der Waals surface area contributed by atoms with Crippen LogP contribution in [0.15, 0.2) is 23.8 Å². The summed E-state index contributed by atoms with van der Waals surface area (Å²) in [5.74, 6) is -4.95. The molecule has 1 heterocycles. The molecule has 1 aromatic carbocycles. The number of carbonyl (C=O) groups excluding carboxylic acids is 2. The number of halogens is 5. The second-order valence-electron chi connectivity index (χ2n) is 5.28. The summed E-state index contributed by atoms with van der Waals surface area (Å²) in [7, 11) is 0. The summed E-state index contributed by atoms with van der Waals surface area (Å²) in [5, 5.41) is -0.973. The molecular formula is C18H12Cl2F3NO3. The highest BCUT2D eigenvalue weighted by atomic mass is 35.5. The molecule has 0 aliphatic carbocycles. The molecule has 0 bridgehead atoms. The van der Waals surface area contributed by atoms with E-state index in [0.29, 0.717) is 6.07 Å². The average molecular weight is 418 g/mol. The predicted octanol–water partition coefficient (Wildman–Crippen LogP) is 4.94. The second kappa shape index (κ2) is 8.54. The van der Waals surface area contributed by atoms with Crippen LogP contribution >= 0.6 is 23.2 Å². The van der Waals surface area contributed by atoms with Crippen molar-refractivity contribution >= 4 is 41.0 Å². The number of esters is 1. The molecule has 0 amide bonds. The summed E-state index contributed by atoms with van der Waals surface area (Å²) in [6.07, 6.45) is 0.872. The van der Waals surface area contributed by atoms with Crippen LogP contribution < -0.4 is 0 Å². The van der Waals surface area contributed by atoms with Crippen molar-refractivity contribution in [2.75, 3.05) is 6.61 Å². The van der Waals surface area contributed by atoms with E-state index in [-0.39, 0.29) is 17.7 Å². The van der Waals surface area contributed by atoms with Crippen LogP contribution in [-0.4, -0.2) is 23.3 Å². The van der Waals surface area contributed by atoms with Crippen molar-refractivity contribution in [3.05, 3.63) is 68.2 Å². The van der Waals surface area contributed by atoms with Crippen molar-refractivity contribution in [2.45, 2.75) is 13.8 Å². The third kappa shape index (κ3) is 4.48. The normalized spacial score (nSPS) is 11.4. The number of ether oxygens (including phenoxy) is 1. The smallest absolute Gasteiger partial charge is 0.342 e. The Morgan fingerprint density at radius 3 is 2.44 bits per heavy atom. The standard InChI is InChI=1S/C18H12Cl2F3NO3/c1-3-27-18(26)11(6-9-4-5-10(21)7-12(9)22)15(25)13-8(2)14(23)17(20)24-16(13)19/h4-7H,3H2,1-2H3/b11-6-. The molecule has 1 aromatic heterocycles. The van der Waals surface area contributed by atoms with Crippen LogP contribution in [-0.2, 0) is 9.53 Å². The minimum absolute atomic E-state index is 0.0741. The SMILES string of the molecule is CCOC(=O)/C(=C\c1ccc(F)cc1F)C(=O)c1c(Cl)nc(Cl)c(F)c1C. The number of rotatable bonds is 5. The zero-order valence-electron chi connectivity index (χ0n) is 14.1. The van der Waals surface area contributed by atoms with Crippen LogP contribution in [0.4, 0.5) is 13.2 Å². The first-order valence-corrected chi connectivity index (χ1v) is 8.32. The maximum atomic E-state index is 14.0. The van der Waals surface area contributed by atoms with Crippen molar-refractivity contribution in [1.82, 2.24) is 4.98 Å². The van der Waals surface area contributed by atoms with E-state index in [1.165, 1.54) is 13.8 Å². The van der Waals surface area contributed by atoms with Gasteiger partial charge in [-0.15, -0.1) is 0 Å². The van der Waals surface area contributed by atoms with E-state index in [2.05, 4.69) is 4.98 Å². The molecular weight excluding hydrogens is 406 g/mol. The molecule has 0 N–H and O–H groups in total.